The van der Waals surface area contributed by atoms with Gasteiger partial charge in [-0.1, -0.05) is 22.0 Å². The minimum Gasteiger partial charge on any atom is -0.459 e. The maximum absolute atomic E-state index is 12.3. The van der Waals surface area contributed by atoms with Crippen LogP contribution in [0.1, 0.15) is 26.5 Å². The van der Waals surface area contributed by atoms with E-state index in [9.17, 15) is 9.59 Å². The van der Waals surface area contributed by atoms with Gasteiger partial charge < -0.3 is 15.1 Å². The summed E-state index contributed by atoms with van der Waals surface area (Å²) < 4.78 is 5.96. The molecule has 1 aromatic heterocycles. The maximum Gasteiger partial charge on any atom is 0.291 e. The zero-order valence-corrected chi connectivity index (χ0v) is 17.2. The SMILES string of the molecule is Cc1ccc(NC(=O)c2ccco2)cc1NC(=S)NC(=O)c1ccc(Br)cc1. The van der Waals surface area contributed by atoms with Crippen LogP contribution in [-0.4, -0.2) is 16.9 Å². The summed E-state index contributed by atoms with van der Waals surface area (Å²) in [5.41, 5.74) is 2.62. The number of carbonyl (C=O) groups excluding carboxylic acids is 2. The molecule has 8 heteroatoms. The van der Waals surface area contributed by atoms with Crippen molar-refractivity contribution < 1.29 is 14.0 Å². The molecular weight excluding hydrogens is 442 g/mol. The first-order valence-electron chi connectivity index (χ1n) is 8.26. The fourth-order valence-electron chi connectivity index (χ4n) is 2.36. The Kier molecular flexibility index (Phi) is 6.23. The van der Waals surface area contributed by atoms with E-state index in [0.717, 1.165) is 10.0 Å². The second-order valence-corrected chi connectivity index (χ2v) is 7.20. The van der Waals surface area contributed by atoms with Crippen LogP contribution in [-0.2, 0) is 0 Å². The molecule has 0 aliphatic carbocycles. The first-order valence-corrected chi connectivity index (χ1v) is 9.46. The van der Waals surface area contributed by atoms with Crippen LogP contribution < -0.4 is 16.0 Å². The predicted octanol–water partition coefficient (Wildman–Crippen LogP) is 4.73. The van der Waals surface area contributed by atoms with Gasteiger partial charge in [0.05, 0.1) is 6.26 Å². The van der Waals surface area contributed by atoms with Gasteiger partial charge in [-0.05, 0) is 73.2 Å². The molecule has 142 valence electrons. The summed E-state index contributed by atoms with van der Waals surface area (Å²) in [5, 5.41) is 8.53. The van der Waals surface area contributed by atoms with Crippen LogP contribution in [0.25, 0.3) is 0 Å². The van der Waals surface area contributed by atoms with Gasteiger partial charge in [-0.3, -0.25) is 14.9 Å². The monoisotopic (exact) mass is 457 g/mol. The third-order valence-corrected chi connectivity index (χ3v) is 4.55. The number of amides is 2. The molecule has 28 heavy (non-hydrogen) atoms. The lowest BCUT2D eigenvalue weighted by molar-refractivity contribution is 0.0975. The number of hydrogen-bond donors (Lipinski definition) is 3. The highest BCUT2D eigenvalue weighted by atomic mass is 79.9. The molecule has 0 unspecified atom stereocenters. The highest BCUT2D eigenvalue weighted by Gasteiger charge is 2.12. The van der Waals surface area contributed by atoms with Crippen LogP contribution in [0, 0.1) is 6.92 Å². The van der Waals surface area contributed by atoms with Gasteiger partial charge in [0.15, 0.2) is 10.9 Å². The lowest BCUT2D eigenvalue weighted by atomic mass is 10.1. The summed E-state index contributed by atoms with van der Waals surface area (Å²) in [4.78, 5) is 24.4. The largest absolute Gasteiger partial charge is 0.459 e. The number of hydrogen-bond acceptors (Lipinski definition) is 4. The maximum atomic E-state index is 12.3. The van der Waals surface area contributed by atoms with Crippen molar-refractivity contribution in [3.63, 3.8) is 0 Å². The summed E-state index contributed by atoms with van der Waals surface area (Å²) in [5.74, 6) is -0.455. The molecule has 0 atom stereocenters. The number of thiocarbonyl (C=S) groups is 1. The van der Waals surface area contributed by atoms with E-state index in [2.05, 4.69) is 31.9 Å². The van der Waals surface area contributed by atoms with Crippen LogP contribution in [0.2, 0.25) is 0 Å². The van der Waals surface area contributed by atoms with Gasteiger partial charge in [0.25, 0.3) is 11.8 Å². The molecule has 1 heterocycles. The summed E-state index contributed by atoms with van der Waals surface area (Å²) in [6.45, 7) is 1.89. The summed E-state index contributed by atoms with van der Waals surface area (Å²) in [7, 11) is 0. The van der Waals surface area contributed by atoms with Crippen LogP contribution in [0.5, 0.6) is 0 Å². The Morgan fingerprint density at radius 2 is 1.75 bits per heavy atom. The average Bonchev–Trinajstić information content (AvgIpc) is 3.20. The standard InChI is InChI=1S/C20H16BrN3O3S/c1-12-4-9-15(22-19(26)17-3-2-10-27-17)11-16(12)23-20(28)24-18(25)13-5-7-14(21)8-6-13/h2-11H,1H3,(H,22,26)(H2,23,24,25,28). The number of carbonyl (C=O) groups is 2. The fourth-order valence-corrected chi connectivity index (χ4v) is 2.83. The van der Waals surface area contributed by atoms with Crippen molar-refractivity contribution in [1.82, 2.24) is 5.32 Å². The molecule has 0 aliphatic rings. The number of anilines is 2. The second kappa shape index (κ2) is 8.81. The van der Waals surface area contributed by atoms with Gasteiger partial charge in [0.1, 0.15) is 0 Å². The third kappa shape index (κ3) is 5.05. The molecule has 6 nitrogen and oxygen atoms in total. The topological polar surface area (TPSA) is 83.4 Å². The average molecular weight is 458 g/mol. The van der Waals surface area contributed by atoms with E-state index in [-0.39, 0.29) is 22.7 Å². The normalized spacial score (nSPS) is 10.2. The fraction of sp³-hybridized carbons (Fsp3) is 0.0500. The van der Waals surface area contributed by atoms with Crippen molar-refractivity contribution in [2.45, 2.75) is 6.92 Å². The summed E-state index contributed by atoms with van der Waals surface area (Å²) >= 11 is 8.57. The molecule has 0 saturated heterocycles. The molecule has 3 N–H and O–H groups in total. The smallest absolute Gasteiger partial charge is 0.291 e. The number of rotatable bonds is 4. The minimum absolute atomic E-state index is 0.158. The van der Waals surface area contributed by atoms with Gasteiger partial charge in [0, 0.05) is 21.4 Å². The zero-order valence-electron chi connectivity index (χ0n) is 14.8. The number of aryl methyl sites for hydroxylation is 1. The van der Waals surface area contributed by atoms with Crippen molar-refractivity contribution in [2.75, 3.05) is 10.6 Å². The van der Waals surface area contributed by atoms with Crippen LogP contribution in [0.4, 0.5) is 11.4 Å². The lowest BCUT2D eigenvalue weighted by Gasteiger charge is -2.13. The van der Waals surface area contributed by atoms with Crippen LogP contribution >= 0.6 is 28.1 Å². The molecule has 0 bridgehead atoms. The molecule has 0 spiro atoms. The van der Waals surface area contributed by atoms with Gasteiger partial charge in [-0.2, -0.15) is 0 Å². The highest BCUT2D eigenvalue weighted by molar-refractivity contribution is 9.10. The Morgan fingerprint density at radius 3 is 2.43 bits per heavy atom. The van der Waals surface area contributed by atoms with Gasteiger partial charge in [-0.15, -0.1) is 0 Å². The molecule has 0 fully saturated rings. The molecule has 3 aromatic rings. The van der Waals surface area contributed by atoms with Crippen molar-refractivity contribution in [2.24, 2.45) is 0 Å². The minimum atomic E-state index is -0.356. The molecule has 2 amide bonds. The Morgan fingerprint density at radius 1 is 1.00 bits per heavy atom. The highest BCUT2D eigenvalue weighted by Crippen LogP contribution is 2.21. The van der Waals surface area contributed by atoms with E-state index >= 15 is 0 Å². The van der Waals surface area contributed by atoms with E-state index in [1.54, 1.807) is 48.5 Å². The third-order valence-electron chi connectivity index (χ3n) is 3.82. The van der Waals surface area contributed by atoms with Crippen LogP contribution in [0.3, 0.4) is 0 Å². The van der Waals surface area contributed by atoms with E-state index in [4.69, 9.17) is 16.6 Å². The first kappa shape index (κ1) is 19.8. The molecule has 2 aromatic carbocycles. The molecule has 0 aliphatic heterocycles. The lowest BCUT2D eigenvalue weighted by Crippen LogP contribution is -2.34. The number of nitrogens with one attached hydrogen (secondary N) is 3. The van der Waals surface area contributed by atoms with Gasteiger partial charge in [-0.25, -0.2) is 0 Å². The predicted molar refractivity (Wildman–Crippen MR) is 116 cm³/mol. The van der Waals surface area contributed by atoms with E-state index in [0.29, 0.717) is 16.9 Å². The van der Waals surface area contributed by atoms with Crippen molar-refractivity contribution in [3.05, 3.63) is 82.2 Å². The molecule has 3 rings (SSSR count). The first-order chi connectivity index (χ1) is 13.4. The van der Waals surface area contributed by atoms with Crippen LogP contribution in [0.15, 0.2) is 69.8 Å². The van der Waals surface area contributed by atoms with E-state index in [1.165, 1.54) is 6.26 Å². The van der Waals surface area contributed by atoms with Crippen molar-refractivity contribution in [3.8, 4) is 0 Å². The van der Waals surface area contributed by atoms with E-state index < -0.39 is 0 Å². The summed E-state index contributed by atoms with van der Waals surface area (Å²) in [6, 6.07) is 15.5. The number of furan rings is 1. The van der Waals surface area contributed by atoms with Crippen molar-refractivity contribution in [1.29, 1.82) is 0 Å². The molecule has 0 saturated carbocycles. The Hall–Kier alpha value is -2.97. The van der Waals surface area contributed by atoms with Gasteiger partial charge in [0.2, 0.25) is 0 Å². The second-order valence-electron chi connectivity index (χ2n) is 5.88. The molecular formula is C20H16BrN3O3S. The summed E-state index contributed by atoms with van der Waals surface area (Å²) in [6.07, 6.45) is 1.43. The quantitative estimate of drug-likeness (QED) is 0.493. The molecule has 0 radical (unpaired) electrons. The Balaban J connectivity index is 1.66. The Bertz CT molecular complexity index is 1020. The number of halogens is 1. The number of benzene rings is 2. The van der Waals surface area contributed by atoms with Gasteiger partial charge >= 0.3 is 0 Å². The Labute approximate surface area is 175 Å². The van der Waals surface area contributed by atoms with Crippen molar-refractivity contribution >= 4 is 56.4 Å². The van der Waals surface area contributed by atoms with E-state index in [1.807, 2.05) is 13.0 Å². The zero-order chi connectivity index (χ0) is 20.1.